The number of nitrogens with zero attached hydrogens (tertiary/aromatic N) is 5. The van der Waals surface area contributed by atoms with Crippen molar-refractivity contribution in [3.8, 4) is 6.07 Å². The summed E-state index contributed by atoms with van der Waals surface area (Å²) in [5, 5.41) is 11.7. The Balaban J connectivity index is 1.67. The number of carbonyl (C=O) groups excluding carboxylic acids is 1. The van der Waals surface area contributed by atoms with Gasteiger partial charge in [-0.2, -0.15) is 5.26 Å². The summed E-state index contributed by atoms with van der Waals surface area (Å²) < 4.78 is 0. The molecule has 0 aromatic carbocycles. The lowest BCUT2D eigenvalue weighted by Gasteiger charge is -2.32. The highest BCUT2D eigenvalue weighted by atomic mass is 16.2. The summed E-state index contributed by atoms with van der Waals surface area (Å²) in [6.07, 6.45) is 6.44. The average Bonchev–Trinajstić information content (AvgIpc) is 2.64. The Morgan fingerprint density at radius 1 is 1.38 bits per heavy atom. The second-order valence-corrected chi connectivity index (χ2v) is 5.81. The molecule has 1 aliphatic rings. The molecule has 122 valence electrons. The van der Waals surface area contributed by atoms with Gasteiger partial charge in [0.05, 0.1) is 18.3 Å². The Bertz CT molecular complexity index is 767. The van der Waals surface area contributed by atoms with Crippen LogP contribution in [0.1, 0.15) is 24.1 Å². The number of rotatable bonds is 3. The van der Waals surface area contributed by atoms with Crippen molar-refractivity contribution in [1.82, 2.24) is 15.0 Å². The molecule has 1 aliphatic heterocycles. The van der Waals surface area contributed by atoms with Gasteiger partial charge in [0, 0.05) is 19.3 Å². The minimum absolute atomic E-state index is 0.0249. The molecule has 1 atom stereocenters. The standard InChI is InChI=1S/C17H18N6O/c1-12-4-2-6-19-16(12)22-17(24)13-5-3-7-23(11-13)15-10-20-14(8-18)9-21-15/h2,4,6,9-10,13H,3,5,7,11H2,1H3,(H,19,22,24). The van der Waals surface area contributed by atoms with Crippen LogP contribution in [0.15, 0.2) is 30.7 Å². The fourth-order valence-electron chi connectivity index (χ4n) is 2.78. The third-order valence-corrected chi connectivity index (χ3v) is 4.12. The van der Waals surface area contributed by atoms with E-state index in [9.17, 15) is 4.79 Å². The van der Waals surface area contributed by atoms with E-state index in [2.05, 4.69) is 20.3 Å². The summed E-state index contributed by atoms with van der Waals surface area (Å²) in [5.74, 6) is 1.15. The highest BCUT2D eigenvalue weighted by Crippen LogP contribution is 2.22. The first kappa shape index (κ1) is 15.9. The lowest BCUT2D eigenvalue weighted by molar-refractivity contribution is -0.120. The van der Waals surface area contributed by atoms with Crippen LogP contribution < -0.4 is 10.2 Å². The number of aryl methyl sites for hydroxylation is 1. The minimum Gasteiger partial charge on any atom is -0.355 e. The maximum absolute atomic E-state index is 12.5. The summed E-state index contributed by atoms with van der Waals surface area (Å²) in [6, 6.07) is 5.72. The van der Waals surface area contributed by atoms with E-state index in [4.69, 9.17) is 5.26 Å². The van der Waals surface area contributed by atoms with E-state index in [1.807, 2.05) is 30.0 Å². The predicted octanol–water partition coefficient (Wildman–Crippen LogP) is 1.91. The van der Waals surface area contributed by atoms with Crippen molar-refractivity contribution in [1.29, 1.82) is 5.26 Å². The van der Waals surface area contributed by atoms with Gasteiger partial charge in [-0.1, -0.05) is 6.07 Å². The monoisotopic (exact) mass is 322 g/mol. The summed E-state index contributed by atoms with van der Waals surface area (Å²) in [7, 11) is 0. The molecule has 3 rings (SSSR count). The smallest absolute Gasteiger partial charge is 0.230 e. The molecule has 0 saturated carbocycles. The molecule has 2 aromatic heterocycles. The molecular formula is C17H18N6O. The third-order valence-electron chi connectivity index (χ3n) is 4.12. The summed E-state index contributed by atoms with van der Waals surface area (Å²) >= 11 is 0. The molecule has 2 aromatic rings. The third kappa shape index (κ3) is 3.49. The quantitative estimate of drug-likeness (QED) is 0.927. The second-order valence-electron chi connectivity index (χ2n) is 5.81. The van der Waals surface area contributed by atoms with Gasteiger partial charge in [-0.3, -0.25) is 4.79 Å². The van der Waals surface area contributed by atoms with Crippen molar-refractivity contribution in [3.05, 3.63) is 42.0 Å². The normalized spacial score (nSPS) is 17.2. The van der Waals surface area contributed by atoms with E-state index in [-0.39, 0.29) is 17.5 Å². The van der Waals surface area contributed by atoms with Crippen molar-refractivity contribution in [3.63, 3.8) is 0 Å². The molecule has 1 saturated heterocycles. The van der Waals surface area contributed by atoms with Gasteiger partial charge in [0.25, 0.3) is 0 Å². The topological polar surface area (TPSA) is 94.8 Å². The number of amides is 1. The lowest BCUT2D eigenvalue weighted by atomic mass is 9.97. The first-order valence-electron chi connectivity index (χ1n) is 7.87. The van der Waals surface area contributed by atoms with Crippen LogP contribution >= 0.6 is 0 Å². The van der Waals surface area contributed by atoms with Gasteiger partial charge in [-0.15, -0.1) is 0 Å². The number of anilines is 2. The molecular weight excluding hydrogens is 304 g/mol. The molecule has 0 radical (unpaired) electrons. The fourth-order valence-corrected chi connectivity index (χ4v) is 2.78. The summed E-state index contributed by atoms with van der Waals surface area (Å²) in [5.41, 5.74) is 1.23. The second kappa shape index (κ2) is 7.04. The van der Waals surface area contributed by atoms with Crippen LogP contribution in [0.25, 0.3) is 0 Å². The zero-order chi connectivity index (χ0) is 16.9. The van der Waals surface area contributed by atoms with Gasteiger partial charge in [0.2, 0.25) is 5.91 Å². The maximum atomic E-state index is 12.5. The van der Waals surface area contributed by atoms with Crippen LogP contribution in [0.2, 0.25) is 0 Å². The van der Waals surface area contributed by atoms with Gasteiger partial charge in [0.1, 0.15) is 17.7 Å². The molecule has 0 spiro atoms. The van der Waals surface area contributed by atoms with E-state index >= 15 is 0 Å². The van der Waals surface area contributed by atoms with Crippen LogP contribution in [-0.4, -0.2) is 33.9 Å². The van der Waals surface area contributed by atoms with Crippen molar-refractivity contribution in [2.24, 2.45) is 5.92 Å². The fraction of sp³-hybridized carbons (Fsp3) is 0.353. The molecule has 3 heterocycles. The molecule has 1 unspecified atom stereocenters. The molecule has 0 aliphatic carbocycles. The number of carbonyl (C=O) groups is 1. The van der Waals surface area contributed by atoms with Gasteiger partial charge in [0.15, 0.2) is 5.69 Å². The van der Waals surface area contributed by atoms with E-state index in [0.29, 0.717) is 18.2 Å². The van der Waals surface area contributed by atoms with E-state index < -0.39 is 0 Å². The highest BCUT2D eigenvalue weighted by molar-refractivity contribution is 5.92. The number of nitrogens with one attached hydrogen (secondary N) is 1. The van der Waals surface area contributed by atoms with Crippen molar-refractivity contribution in [2.75, 3.05) is 23.3 Å². The van der Waals surface area contributed by atoms with Gasteiger partial charge < -0.3 is 10.2 Å². The van der Waals surface area contributed by atoms with E-state index in [0.717, 1.165) is 24.9 Å². The van der Waals surface area contributed by atoms with Crippen LogP contribution in [0.5, 0.6) is 0 Å². The summed E-state index contributed by atoms with van der Waals surface area (Å²) in [4.78, 5) is 27.1. The molecule has 24 heavy (non-hydrogen) atoms. The SMILES string of the molecule is Cc1cccnc1NC(=O)C1CCCN(c2cnc(C#N)cn2)C1. The maximum Gasteiger partial charge on any atom is 0.230 e. The van der Waals surface area contributed by atoms with Crippen molar-refractivity contribution >= 4 is 17.5 Å². The van der Waals surface area contributed by atoms with Gasteiger partial charge in [-0.05, 0) is 31.4 Å². The number of pyridine rings is 1. The largest absolute Gasteiger partial charge is 0.355 e. The Hall–Kier alpha value is -3.01. The Labute approximate surface area is 140 Å². The lowest BCUT2D eigenvalue weighted by Crippen LogP contribution is -2.41. The van der Waals surface area contributed by atoms with Crippen LogP contribution in [-0.2, 0) is 4.79 Å². The zero-order valence-electron chi connectivity index (χ0n) is 13.4. The first-order valence-corrected chi connectivity index (χ1v) is 7.87. The predicted molar refractivity (Wildman–Crippen MR) is 89.3 cm³/mol. The molecule has 0 bridgehead atoms. The Morgan fingerprint density at radius 3 is 2.96 bits per heavy atom. The number of piperidine rings is 1. The van der Waals surface area contributed by atoms with Crippen LogP contribution in [0.4, 0.5) is 11.6 Å². The Morgan fingerprint density at radius 2 is 2.25 bits per heavy atom. The number of nitriles is 1. The summed E-state index contributed by atoms with van der Waals surface area (Å²) in [6.45, 7) is 3.33. The van der Waals surface area contributed by atoms with Gasteiger partial charge >= 0.3 is 0 Å². The van der Waals surface area contributed by atoms with E-state index in [1.165, 1.54) is 6.20 Å². The average molecular weight is 322 g/mol. The molecule has 7 heteroatoms. The highest BCUT2D eigenvalue weighted by Gasteiger charge is 2.27. The van der Waals surface area contributed by atoms with Gasteiger partial charge in [-0.25, -0.2) is 15.0 Å². The molecule has 1 fully saturated rings. The minimum atomic E-state index is -0.127. The van der Waals surface area contributed by atoms with Crippen LogP contribution in [0.3, 0.4) is 0 Å². The number of hydrogen-bond acceptors (Lipinski definition) is 6. The Kier molecular flexibility index (Phi) is 4.66. The molecule has 1 amide bonds. The van der Waals surface area contributed by atoms with Crippen LogP contribution in [0, 0.1) is 24.2 Å². The number of hydrogen-bond donors (Lipinski definition) is 1. The zero-order valence-corrected chi connectivity index (χ0v) is 13.4. The van der Waals surface area contributed by atoms with E-state index in [1.54, 1.807) is 12.4 Å². The molecule has 1 N–H and O–H groups in total. The molecule has 7 nitrogen and oxygen atoms in total. The van der Waals surface area contributed by atoms with Crippen molar-refractivity contribution in [2.45, 2.75) is 19.8 Å². The number of aromatic nitrogens is 3. The van der Waals surface area contributed by atoms with Crippen molar-refractivity contribution < 1.29 is 4.79 Å². The first-order chi connectivity index (χ1) is 11.7.